The van der Waals surface area contributed by atoms with Crippen molar-refractivity contribution in [2.45, 2.75) is 47.1 Å². The number of hydrogen-bond acceptors (Lipinski definition) is 4. The lowest BCUT2D eigenvalue weighted by Gasteiger charge is -2.36. The molecule has 1 heterocycles. The molecule has 1 amide bonds. The molecule has 19 heavy (non-hydrogen) atoms. The van der Waals surface area contributed by atoms with Crippen LogP contribution < -0.4 is 11.1 Å². The first-order chi connectivity index (χ1) is 8.52. The zero-order valence-electron chi connectivity index (χ0n) is 12.3. The number of rotatable bonds is 3. The van der Waals surface area contributed by atoms with E-state index in [2.05, 4.69) is 11.4 Å². The van der Waals surface area contributed by atoms with Gasteiger partial charge in [0.1, 0.15) is 11.1 Å². The lowest BCUT2D eigenvalue weighted by atomic mass is 9.74. The highest BCUT2D eigenvalue weighted by Gasteiger charge is 2.40. The largest absolute Gasteiger partial charge is 0.325 e. The van der Waals surface area contributed by atoms with Gasteiger partial charge in [0, 0.05) is 10.4 Å². The normalized spacial score (nSPS) is 12.1. The predicted octanol–water partition coefficient (Wildman–Crippen LogP) is 2.94. The van der Waals surface area contributed by atoms with Crippen LogP contribution in [-0.4, -0.2) is 11.4 Å². The maximum atomic E-state index is 12.4. The lowest BCUT2D eigenvalue weighted by Crippen LogP contribution is -2.53. The molecule has 0 saturated heterocycles. The smallest absolute Gasteiger partial charge is 0.232 e. The minimum atomic E-state index is -0.731. The molecule has 0 spiro atoms. The van der Waals surface area contributed by atoms with Crippen molar-refractivity contribution in [2.24, 2.45) is 11.1 Å². The van der Waals surface area contributed by atoms with Crippen molar-refractivity contribution in [2.75, 3.05) is 5.32 Å². The van der Waals surface area contributed by atoms with Crippen LogP contribution in [0.2, 0.25) is 0 Å². The summed E-state index contributed by atoms with van der Waals surface area (Å²) >= 11 is 1.43. The van der Waals surface area contributed by atoms with Gasteiger partial charge in [0.25, 0.3) is 0 Å². The van der Waals surface area contributed by atoms with Crippen LogP contribution in [0.5, 0.6) is 0 Å². The van der Waals surface area contributed by atoms with Gasteiger partial charge >= 0.3 is 0 Å². The van der Waals surface area contributed by atoms with E-state index in [0.717, 1.165) is 10.4 Å². The molecule has 0 bridgehead atoms. The zero-order chi connectivity index (χ0) is 15.0. The van der Waals surface area contributed by atoms with Crippen LogP contribution in [0.3, 0.4) is 0 Å². The Balaban J connectivity index is 3.09. The third-order valence-corrected chi connectivity index (χ3v) is 5.03. The molecule has 1 rings (SSSR count). The number of nitrogens with zero attached hydrogens (tertiary/aromatic N) is 1. The molecule has 104 valence electrons. The summed E-state index contributed by atoms with van der Waals surface area (Å²) in [6, 6.07) is 2.14. The zero-order valence-corrected chi connectivity index (χ0v) is 13.2. The molecule has 0 aliphatic heterocycles. The first kappa shape index (κ1) is 15.7. The van der Waals surface area contributed by atoms with E-state index in [1.165, 1.54) is 11.3 Å². The number of nitrogens with two attached hydrogens (primary N) is 1. The van der Waals surface area contributed by atoms with Crippen LogP contribution in [0.25, 0.3) is 0 Å². The number of hydrogen-bond donors (Lipinski definition) is 2. The predicted molar refractivity (Wildman–Crippen MR) is 79.2 cm³/mol. The number of aryl methyl sites for hydroxylation is 1. The minimum absolute atomic E-state index is 0.169. The number of thiophene rings is 1. The molecule has 0 aliphatic rings. The van der Waals surface area contributed by atoms with E-state index in [0.29, 0.717) is 10.6 Å². The van der Waals surface area contributed by atoms with Gasteiger partial charge in [-0.05, 0) is 47.1 Å². The van der Waals surface area contributed by atoms with Gasteiger partial charge in [-0.2, -0.15) is 5.26 Å². The van der Waals surface area contributed by atoms with Crippen molar-refractivity contribution in [1.82, 2.24) is 0 Å². The van der Waals surface area contributed by atoms with E-state index in [4.69, 9.17) is 11.0 Å². The van der Waals surface area contributed by atoms with Gasteiger partial charge in [-0.3, -0.25) is 4.79 Å². The standard InChI is InChI=1S/C14H21N3OS/c1-8-9(2)19-11(10(8)7-15)17-12(18)13(3,4)14(5,6)16/h16H2,1-6H3,(H,17,18). The highest BCUT2D eigenvalue weighted by Crippen LogP contribution is 2.35. The van der Waals surface area contributed by atoms with Crippen LogP contribution in [0, 0.1) is 30.6 Å². The first-order valence-electron chi connectivity index (χ1n) is 6.12. The minimum Gasteiger partial charge on any atom is -0.325 e. The molecule has 0 radical (unpaired) electrons. The van der Waals surface area contributed by atoms with Crippen molar-refractivity contribution in [3.05, 3.63) is 16.0 Å². The van der Waals surface area contributed by atoms with Gasteiger partial charge in [0.15, 0.2) is 0 Å². The second kappa shape index (κ2) is 4.95. The second-order valence-corrected chi connectivity index (χ2v) is 7.12. The molecule has 0 unspecified atom stereocenters. The quantitative estimate of drug-likeness (QED) is 0.892. The Kier molecular flexibility index (Phi) is 4.08. The monoisotopic (exact) mass is 279 g/mol. The van der Waals surface area contributed by atoms with Crippen molar-refractivity contribution in [3.8, 4) is 6.07 Å². The molecule has 1 aromatic rings. The third kappa shape index (κ3) is 2.80. The first-order valence-corrected chi connectivity index (χ1v) is 6.94. The Bertz CT molecular complexity index is 544. The van der Waals surface area contributed by atoms with Gasteiger partial charge in [-0.25, -0.2) is 0 Å². The molecule has 0 aromatic carbocycles. The molecule has 3 N–H and O–H groups in total. The maximum Gasteiger partial charge on any atom is 0.232 e. The van der Waals surface area contributed by atoms with Crippen LogP contribution >= 0.6 is 11.3 Å². The van der Waals surface area contributed by atoms with Gasteiger partial charge in [-0.1, -0.05) is 0 Å². The summed E-state index contributed by atoms with van der Waals surface area (Å²) in [5.74, 6) is -0.169. The number of carbonyl (C=O) groups excluding carboxylic acids is 1. The average Bonchev–Trinajstić information content (AvgIpc) is 2.52. The van der Waals surface area contributed by atoms with Gasteiger partial charge < -0.3 is 11.1 Å². The third-order valence-electron chi connectivity index (χ3n) is 3.90. The van der Waals surface area contributed by atoms with Crippen LogP contribution in [-0.2, 0) is 4.79 Å². The van der Waals surface area contributed by atoms with Crippen LogP contribution in [0.4, 0.5) is 5.00 Å². The number of nitriles is 1. The highest BCUT2D eigenvalue weighted by molar-refractivity contribution is 7.16. The summed E-state index contributed by atoms with van der Waals surface area (Å²) in [4.78, 5) is 13.4. The van der Waals surface area contributed by atoms with Gasteiger partial charge in [-0.15, -0.1) is 11.3 Å². The topological polar surface area (TPSA) is 78.9 Å². The fraction of sp³-hybridized carbons (Fsp3) is 0.571. The van der Waals surface area contributed by atoms with Crippen molar-refractivity contribution >= 4 is 22.2 Å². The number of carbonyl (C=O) groups is 1. The molecule has 0 aliphatic carbocycles. The average molecular weight is 279 g/mol. The molecule has 4 nitrogen and oxygen atoms in total. The molecule has 1 aromatic heterocycles. The molecule has 0 fully saturated rings. The highest BCUT2D eigenvalue weighted by atomic mass is 32.1. The molecular weight excluding hydrogens is 258 g/mol. The number of anilines is 1. The van der Waals surface area contributed by atoms with E-state index in [9.17, 15) is 4.79 Å². The Morgan fingerprint density at radius 3 is 2.26 bits per heavy atom. The fourth-order valence-corrected chi connectivity index (χ4v) is 2.41. The van der Waals surface area contributed by atoms with Crippen LogP contribution in [0.1, 0.15) is 43.7 Å². The van der Waals surface area contributed by atoms with Crippen molar-refractivity contribution in [3.63, 3.8) is 0 Å². The Hall–Kier alpha value is -1.38. The summed E-state index contributed by atoms with van der Waals surface area (Å²) in [7, 11) is 0. The SMILES string of the molecule is Cc1sc(NC(=O)C(C)(C)C(C)(C)N)c(C#N)c1C. The van der Waals surface area contributed by atoms with E-state index < -0.39 is 11.0 Å². The molecule has 0 saturated carbocycles. The molecular formula is C14H21N3OS. The Morgan fingerprint density at radius 2 is 1.84 bits per heavy atom. The van der Waals surface area contributed by atoms with E-state index in [-0.39, 0.29) is 5.91 Å². The van der Waals surface area contributed by atoms with E-state index in [1.54, 1.807) is 0 Å². The Labute approximate surface area is 118 Å². The van der Waals surface area contributed by atoms with Gasteiger partial charge in [0.05, 0.1) is 11.0 Å². The summed E-state index contributed by atoms with van der Waals surface area (Å²) < 4.78 is 0. The lowest BCUT2D eigenvalue weighted by molar-refractivity contribution is -0.126. The summed E-state index contributed by atoms with van der Waals surface area (Å²) in [6.07, 6.45) is 0. The summed E-state index contributed by atoms with van der Waals surface area (Å²) in [5.41, 5.74) is 6.14. The van der Waals surface area contributed by atoms with E-state index >= 15 is 0 Å². The molecule has 5 heteroatoms. The molecule has 0 atom stereocenters. The number of amides is 1. The van der Waals surface area contributed by atoms with Crippen LogP contribution in [0.15, 0.2) is 0 Å². The van der Waals surface area contributed by atoms with Gasteiger partial charge in [0.2, 0.25) is 5.91 Å². The Morgan fingerprint density at radius 1 is 1.32 bits per heavy atom. The summed E-state index contributed by atoms with van der Waals surface area (Å²) in [5, 5.41) is 12.6. The summed E-state index contributed by atoms with van der Waals surface area (Å²) in [6.45, 7) is 11.1. The van der Waals surface area contributed by atoms with Crippen molar-refractivity contribution < 1.29 is 4.79 Å². The number of nitrogens with one attached hydrogen (secondary N) is 1. The second-order valence-electron chi connectivity index (χ2n) is 5.90. The van der Waals surface area contributed by atoms with Crippen molar-refractivity contribution in [1.29, 1.82) is 5.26 Å². The fourth-order valence-electron chi connectivity index (χ4n) is 1.40. The maximum absolute atomic E-state index is 12.4. The van der Waals surface area contributed by atoms with E-state index in [1.807, 2.05) is 41.5 Å².